The molecule has 4 rings (SSSR count). The minimum Gasteiger partial charge on any atom is -0.496 e. The maximum Gasteiger partial charge on any atom is 0.317 e. The minimum absolute atomic E-state index is 0.0475. The number of carboxylic acid groups (broad SMARTS) is 1. The second-order valence-electron chi connectivity index (χ2n) is 8.01. The van der Waals surface area contributed by atoms with Gasteiger partial charge in [0.2, 0.25) is 0 Å². The molecule has 0 radical (unpaired) electrons. The molecule has 3 fully saturated rings. The summed E-state index contributed by atoms with van der Waals surface area (Å²) in [6.07, 6.45) is 2.11. The highest BCUT2D eigenvalue weighted by molar-refractivity contribution is 5.97. The Labute approximate surface area is 158 Å². The number of hydrogen-bond donors (Lipinski definition) is 2. The SMILES string of the molecule is COc1cc(C)ccc1C(=O)NC[C@H]1[C@H]2CN(CC(=O)O)C[C@]23CC[C@H]1O3. The van der Waals surface area contributed by atoms with Gasteiger partial charge in [-0.25, -0.2) is 0 Å². The predicted octanol–water partition coefficient (Wildman–Crippen LogP) is 1.30. The van der Waals surface area contributed by atoms with Crippen molar-refractivity contribution < 1.29 is 24.2 Å². The Morgan fingerprint density at radius 3 is 3.00 bits per heavy atom. The van der Waals surface area contributed by atoms with E-state index in [1.165, 1.54) is 0 Å². The van der Waals surface area contributed by atoms with E-state index in [1.807, 2.05) is 24.0 Å². The van der Waals surface area contributed by atoms with E-state index < -0.39 is 5.97 Å². The van der Waals surface area contributed by atoms with Crippen LogP contribution in [0.2, 0.25) is 0 Å². The number of ether oxygens (including phenoxy) is 2. The summed E-state index contributed by atoms with van der Waals surface area (Å²) in [5, 5.41) is 12.1. The van der Waals surface area contributed by atoms with E-state index in [1.54, 1.807) is 13.2 Å². The molecule has 3 aliphatic heterocycles. The molecule has 1 aromatic carbocycles. The number of aliphatic carboxylic acids is 1. The monoisotopic (exact) mass is 374 g/mol. The number of methoxy groups -OCH3 is 1. The number of hydrogen-bond acceptors (Lipinski definition) is 5. The van der Waals surface area contributed by atoms with Crippen molar-refractivity contribution in [2.45, 2.75) is 31.5 Å². The first kappa shape index (κ1) is 18.3. The van der Waals surface area contributed by atoms with E-state index in [0.29, 0.717) is 24.4 Å². The van der Waals surface area contributed by atoms with Crippen LogP contribution >= 0.6 is 0 Å². The summed E-state index contributed by atoms with van der Waals surface area (Å²) in [6, 6.07) is 5.53. The molecule has 0 unspecified atom stereocenters. The molecule has 3 heterocycles. The molecular weight excluding hydrogens is 348 g/mol. The van der Waals surface area contributed by atoms with Crippen molar-refractivity contribution in [2.24, 2.45) is 11.8 Å². The van der Waals surface area contributed by atoms with E-state index in [4.69, 9.17) is 14.6 Å². The summed E-state index contributed by atoms with van der Waals surface area (Å²) in [5.41, 5.74) is 1.34. The Hall–Kier alpha value is -2.12. The molecule has 0 saturated carbocycles. The van der Waals surface area contributed by atoms with Crippen LogP contribution in [0.25, 0.3) is 0 Å². The molecule has 7 heteroatoms. The van der Waals surface area contributed by atoms with Crippen molar-refractivity contribution in [3.63, 3.8) is 0 Å². The standard InChI is InChI=1S/C20H26N2O5/c1-12-3-4-13(17(7-12)26-2)19(25)21-8-14-15-9-22(10-18(23)24)11-20(15)6-5-16(14)27-20/h3-4,7,14-16H,5-6,8-11H2,1-2H3,(H,21,25)(H,23,24)/t14-,15+,16+,20+/m0/s1. The van der Waals surface area contributed by atoms with Gasteiger partial charge < -0.3 is 19.9 Å². The first-order chi connectivity index (χ1) is 12.9. The number of carboxylic acids is 1. The van der Waals surface area contributed by atoms with Crippen LogP contribution in [0.3, 0.4) is 0 Å². The van der Waals surface area contributed by atoms with Gasteiger partial charge in [0.25, 0.3) is 5.91 Å². The van der Waals surface area contributed by atoms with Crippen molar-refractivity contribution in [3.05, 3.63) is 29.3 Å². The van der Waals surface area contributed by atoms with Gasteiger partial charge in [0.1, 0.15) is 5.75 Å². The van der Waals surface area contributed by atoms with Gasteiger partial charge >= 0.3 is 5.97 Å². The van der Waals surface area contributed by atoms with Crippen molar-refractivity contribution in [1.29, 1.82) is 0 Å². The van der Waals surface area contributed by atoms with Crippen LogP contribution in [0.4, 0.5) is 0 Å². The molecular formula is C20H26N2O5. The van der Waals surface area contributed by atoms with Crippen LogP contribution in [-0.4, -0.2) is 66.9 Å². The van der Waals surface area contributed by atoms with E-state index in [9.17, 15) is 9.59 Å². The van der Waals surface area contributed by atoms with Gasteiger partial charge in [-0.05, 0) is 37.5 Å². The van der Waals surface area contributed by atoms with E-state index in [2.05, 4.69) is 5.32 Å². The molecule has 146 valence electrons. The third kappa shape index (κ3) is 3.19. The average molecular weight is 374 g/mol. The third-order valence-corrected chi connectivity index (χ3v) is 6.31. The van der Waals surface area contributed by atoms with Crippen molar-refractivity contribution in [1.82, 2.24) is 10.2 Å². The summed E-state index contributed by atoms with van der Waals surface area (Å²) in [7, 11) is 1.56. The fourth-order valence-corrected chi connectivity index (χ4v) is 5.16. The van der Waals surface area contributed by atoms with Gasteiger partial charge in [-0.2, -0.15) is 0 Å². The first-order valence-electron chi connectivity index (χ1n) is 9.47. The molecule has 1 aromatic rings. The quantitative estimate of drug-likeness (QED) is 0.780. The first-order valence-corrected chi connectivity index (χ1v) is 9.47. The highest BCUT2D eigenvalue weighted by atomic mass is 16.5. The zero-order valence-corrected chi connectivity index (χ0v) is 15.7. The fourth-order valence-electron chi connectivity index (χ4n) is 5.16. The summed E-state index contributed by atoms with van der Waals surface area (Å²) in [6.45, 7) is 3.94. The Kier molecular flexibility index (Phi) is 4.60. The Morgan fingerprint density at radius 2 is 2.26 bits per heavy atom. The van der Waals surface area contributed by atoms with Crippen LogP contribution in [0, 0.1) is 18.8 Å². The molecule has 1 amide bonds. The normalized spacial score (nSPS) is 31.7. The number of carbonyl (C=O) groups is 2. The number of rotatable bonds is 6. The summed E-state index contributed by atoms with van der Waals surface area (Å²) in [4.78, 5) is 25.7. The number of benzene rings is 1. The molecule has 3 aliphatic rings. The van der Waals surface area contributed by atoms with Gasteiger partial charge in [0.15, 0.2) is 0 Å². The second-order valence-corrected chi connectivity index (χ2v) is 8.01. The maximum atomic E-state index is 12.7. The van der Waals surface area contributed by atoms with Crippen LogP contribution in [0.5, 0.6) is 5.75 Å². The number of nitrogens with one attached hydrogen (secondary N) is 1. The summed E-state index contributed by atoms with van der Waals surface area (Å²) < 4.78 is 11.6. The molecule has 2 N–H and O–H groups in total. The fraction of sp³-hybridized carbons (Fsp3) is 0.600. The lowest BCUT2D eigenvalue weighted by atomic mass is 9.73. The Balaban J connectivity index is 1.43. The lowest BCUT2D eigenvalue weighted by Gasteiger charge is -2.29. The largest absolute Gasteiger partial charge is 0.496 e. The lowest BCUT2D eigenvalue weighted by molar-refractivity contribution is -0.138. The van der Waals surface area contributed by atoms with Gasteiger partial charge in [-0.3, -0.25) is 14.5 Å². The third-order valence-electron chi connectivity index (χ3n) is 6.31. The van der Waals surface area contributed by atoms with Crippen molar-refractivity contribution >= 4 is 11.9 Å². The number of aryl methyl sites for hydroxylation is 1. The van der Waals surface area contributed by atoms with Crippen LogP contribution < -0.4 is 10.1 Å². The highest BCUT2D eigenvalue weighted by Gasteiger charge is 2.62. The number of carbonyl (C=O) groups excluding carboxylic acids is 1. The molecule has 0 aliphatic carbocycles. The Bertz CT molecular complexity index is 767. The number of likely N-dealkylation sites (tertiary alicyclic amines) is 1. The second kappa shape index (κ2) is 6.80. The molecule has 27 heavy (non-hydrogen) atoms. The zero-order valence-electron chi connectivity index (χ0n) is 15.7. The molecule has 4 atom stereocenters. The van der Waals surface area contributed by atoms with Crippen LogP contribution in [-0.2, 0) is 9.53 Å². The topological polar surface area (TPSA) is 88.1 Å². The number of fused-ring (bicyclic) bond motifs is 1. The molecule has 2 bridgehead atoms. The van der Waals surface area contributed by atoms with E-state index >= 15 is 0 Å². The minimum atomic E-state index is -0.808. The van der Waals surface area contributed by atoms with E-state index in [-0.39, 0.29) is 36.0 Å². The average Bonchev–Trinajstić information content (AvgIpc) is 3.26. The molecule has 3 saturated heterocycles. The van der Waals surface area contributed by atoms with Gasteiger partial charge in [-0.1, -0.05) is 6.07 Å². The van der Waals surface area contributed by atoms with Crippen molar-refractivity contribution in [2.75, 3.05) is 33.3 Å². The van der Waals surface area contributed by atoms with Gasteiger partial charge in [-0.15, -0.1) is 0 Å². The lowest BCUT2D eigenvalue weighted by Crippen LogP contribution is -2.42. The van der Waals surface area contributed by atoms with Crippen LogP contribution in [0.1, 0.15) is 28.8 Å². The highest BCUT2D eigenvalue weighted by Crippen LogP contribution is 2.54. The maximum absolute atomic E-state index is 12.7. The summed E-state index contributed by atoms with van der Waals surface area (Å²) in [5.74, 6) is 0.108. The number of nitrogens with zero attached hydrogens (tertiary/aromatic N) is 1. The molecule has 1 spiro atoms. The zero-order chi connectivity index (χ0) is 19.2. The van der Waals surface area contributed by atoms with Crippen molar-refractivity contribution in [3.8, 4) is 5.75 Å². The molecule has 7 nitrogen and oxygen atoms in total. The number of amides is 1. The summed E-state index contributed by atoms with van der Waals surface area (Å²) >= 11 is 0. The van der Waals surface area contributed by atoms with Crippen LogP contribution in [0.15, 0.2) is 18.2 Å². The van der Waals surface area contributed by atoms with Gasteiger partial charge in [0, 0.05) is 31.5 Å². The van der Waals surface area contributed by atoms with Gasteiger partial charge in [0.05, 0.1) is 30.9 Å². The Morgan fingerprint density at radius 1 is 1.44 bits per heavy atom. The predicted molar refractivity (Wildman–Crippen MR) is 98.0 cm³/mol. The smallest absolute Gasteiger partial charge is 0.317 e. The van der Waals surface area contributed by atoms with E-state index in [0.717, 1.165) is 24.9 Å². The molecule has 0 aromatic heterocycles.